The number of ether oxygens (including phenoxy) is 11. The minimum Gasteiger partial charge on any atom is -0.459 e. The molecule has 0 spiro atoms. The summed E-state index contributed by atoms with van der Waals surface area (Å²) in [5.41, 5.74) is 3.43. The predicted molar refractivity (Wildman–Crippen MR) is 410 cm³/mol. The molecule has 8 aromatic carbocycles. The average molecular weight is 1540 g/mol. The van der Waals surface area contributed by atoms with Crippen LogP contribution in [0.5, 0.6) is 34.5 Å². The van der Waals surface area contributed by atoms with Gasteiger partial charge in [0.2, 0.25) is 0 Å². The minimum atomic E-state index is -4.40. The van der Waals surface area contributed by atoms with E-state index in [1.165, 1.54) is 101 Å². The maximum Gasteiger partial charge on any atom is 0.391 e. The van der Waals surface area contributed by atoms with Crippen molar-refractivity contribution < 1.29 is 113 Å². The fourth-order valence-corrected chi connectivity index (χ4v) is 10.0. The van der Waals surface area contributed by atoms with E-state index in [2.05, 4.69) is 34.4 Å². The second-order valence-corrected chi connectivity index (χ2v) is 24.9. The third-order valence-electron chi connectivity index (χ3n) is 15.7. The number of carbonyl (C=O) groups is 10. The smallest absolute Gasteiger partial charge is 0.391 e. The van der Waals surface area contributed by atoms with Crippen LogP contribution in [0, 0.1) is 0 Å². The van der Waals surface area contributed by atoms with Crippen LogP contribution in [-0.4, -0.2) is 145 Å². The van der Waals surface area contributed by atoms with Gasteiger partial charge >= 0.3 is 42.0 Å². The van der Waals surface area contributed by atoms with E-state index in [0.29, 0.717) is 52.1 Å². The van der Waals surface area contributed by atoms with E-state index in [1.807, 2.05) is 45.3 Å². The molecular weight excluding hydrogens is 1460 g/mol. The van der Waals surface area contributed by atoms with Crippen LogP contribution in [0.3, 0.4) is 0 Å². The van der Waals surface area contributed by atoms with E-state index in [0.717, 1.165) is 17.8 Å². The first-order valence-electron chi connectivity index (χ1n) is 35.1. The summed E-state index contributed by atoms with van der Waals surface area (Å²) < 4.78 is 97.1. The topological polar surface area (TPSA) is 320 Å². The van der Waals surface area contributed by atoms with Gasteiger partial charge in [-0.1, -0.05) is 32.2 Å². The number of hydrogen-bond donors (Lipinski definition) is 4. The molecule has 4 N–H and O–H groups in total. The number of esters is 6. The number of ketones is 2. The number of Topliss-reactive ketones (excluding diaryl/α,β-unsaturated/α-hetero) is 2. The molecule has 0 bridgehead atoms. The molecule has 0 saturated heterocycles. The van der Waals surface area contributed by atoms with Crippen molar-refractivity contribution in [2.75, 3.05) is 88.2 Å². The molecule has 25 nitrogen and oxygen atoms in total. The molecule has 0 radical (unpaired) electrons. The van der Waals surface area contributed by atoms with E-state index in [1.54, 1.807) is 85.8 Å². The van der Waals surface area contributed by atoms with Gasteiger partial charge in [-0.3, -0.25) is 19.2 Å². The van der Waals surface area contributed by atoms with E-state index < -0.39 is 90.6 Å². The first-order chi connectivity index (χ1) is 53.4. The number of benzene rings is 8. The number of amides is 2. The van der Waals surface area contributed by atoms with Gasteiger partial charge in [-0.25, -0.2) is 28.8 Å². The Balaban J connectivity index is 0.000000311. The second kappa shape index (κ2) is 42.1. The Labute approximate surface area is 644 Å². The molecular formula is C84H85F3N4O21. The molecule has 0 aliphatic rings. The number of anilines is 4. The SMILES string of the molecule is C=C(C)C(=O)OCCOC(=O)c1ccc(Oc2ccc(C(=O)OCCOC(=O)C(=C)C)c(C(=O)Nc3ccc(Oc4ccc(NC)cc4)cc3)c2)cc1C(C)=O.CCCOCC(C)OC(=O)c1ccc(-c2ccc(C(=O)OC(C)COCCC(F)(F)F)c(C(=O)Nc3ccc(Oc4ccc(NC)cc4)cc3)c2)cc1C(C)=O. The zero-order chi connectivity index (χ0) is 81.6. The normalized spacial score (nSPS) is 11.3. The lowest BCUT2D eigenvalue weighted by Gasteiger charge is -2.17. The van der Waals surface area contributed by atoms with Crippen LogP contribution < -0.4 is 35.5 Å². The fraction of sp³-hybridized carbons (Fsp3) is 0.262. The molecule has 2 amide bonds. The molecule has 2 atom stereocenters. The van der Waals surface area contributed by atoms with Crippen LogP contribution in [0.25, 0.3) is 11.1 Å². The summed E-state index contributed by atoms with van der Waals surface area (Å²) in [5, 5.41) is 11.6. The molecule has 588 valence electrons. The van der Waals surface area contributed by atoms with Crippen molar-refractivity contribution >= 4 is 81.9 Å². The van der Waals surface area contributed by atoms with Gasteiger partial charge < -0.3 is 73.4 Å². The monoisotopic (exact) mass is 1540 g/mol. The zero-order valence-electron chi connectivity index (χ0n) is 63.0. The number of nitrogens with one attached hydrogen (secondary N) is 4. The van der Waals surface area contributed by atoms with Crippen LogP contribution in [0.15, 0.2) is 194 Å². The summed E-state index contributed by atoms with van der Waals surface area (Å²) in [7, 11) is 3.62. The van der Waals surface area contributed by atoms with Gasteiger partial charge in [-0.15, -0.1) is 0 Å². The van der Waals surface area contributed by atoms with Crippen molar-refractivity contribution in [2.45, 2.75) is 79.7 Å². The highest BCUT2D eigenvalue weighted by molar-refractivity contribution is 6.13. The highest BCUT2D eigenvalue weighted by Crippen LogP contribution is 2.33. The summed E-state index contributed by atoms with van der Waals surface area (Å²) >= 11 is 0. The van der Waals surface area contributed by atoms with E-state index in [9.17, 15) is 61.1 Å². The number of halogens is 3. The number of carbonyl (C=O) groups excluding carboxylic acids is 10. The Morgan fingerprint density at radius 3 is 1.07 bits per heavy atom. The molecule has 0 aromatic heterocycles. The highest BCUT2D eigenvalue weighted by Gasteiger charge is 2.29. The molecule has 0 fully saturated rings. The Kier molecular flexibility index (Phi) is 32.5. The van der Waals surface area contributed by atoms with Gasteiger partial charge in [0.05, 0.1) is 59.6 Å². The lowest BCUT2D eigenvalue weighted by molar-refractivity contribution is -0.147. The van der Waals surface area contributed by atoms with E-state index >= 15 is 0 Å². The molecule has 28 heteroatoms. The largest absolute Gasteiger partial charge is 0.459 e. The van der Waals surface area contributed by atoms with Gasteiger partial charge in [0.25, 0.3) is 11.8 Å². The van der Waals surface area contributed by atoms with Gasteiger partial charge in [0, 0.05) is 65.7 Å². The Bertz CT molecular complexity index is 4700. The lowest BCUT2D eigenvalue weighted by atomic mass is 9.94. The Morgan fingerprint density at radius 1 is 0.375 bits per heavy atom. The third kappa shape index (κ3) is 27.0. The summed E-state index contributed by atoms with van der Waals surface area (Å²) in [6.07, 6.45) is -6.25. The molecule has 8 aromatic rings. The summed E-state index contributed by atoms with van der Waals surface area (Å²) in [5.74, 6) is -4.39. The van der Waals surface area contributed by atoms with Crippen molar-refractivity contribution in [1.29, 1.82) is 0 Å². The van der Waals surface area contributed by atoms with Crippen LogP contribution in [0.2, 0.25) is 0 Å². The first-order valence-corrected chi connectivity index (χ1v) is 35.1. The Hall–Kier alpha value is -13.0. The van der Waals surface area contributed by atoms with Crippen LogP contribution >= 0.6 is 0 Å². The molecule has 8 rings (SSSR count). The van der Waals surface area contributed by atoms with Crippen molar-refractivity contribution in [1.82, 2.24) is 0 Å². The van der Waals surface area contributed by atoms with Crippen LogP contribution in [0.4, 0.5) is 35.9 Å². The van der Waals surface area contributed by atoms with Crippen molar-refractivity contribution in [3.63, 3.8) is 0 Å². The maximum absolute atomic E-state index is 13.9. The third-order valence-corrected chi connectivity index (χ3v) is 15.7. The standard InChI is InChI=1S/C42H45F3N2O9.C42H40N2O12/c1-6-20-52-24-26(2)54-40(50)35-17-7-29(22-37(35)28(4)48)30-8-18-36(41(51)55-27(3)25-53-21-19-42(43,44)45)38(23-30)39(49)47-32-11-15-34(16-12-32)56-33-13-9-31(46-5)10-14-33;1-25(2)39(47)51-19-21-53-41(49)34-17-15-32(23-36(34)27(5)45)56-33-16-18-35(42(50)54-22-20-52-40(48)26(3)4)37(24-33)38(46)44-29-9-13-31(14-10-29)55-30-11-7-28(43-6)8-12-30/h7-18,22-23,26-27,46H,6,19-21,24-25H2,1-5H3,(H,47,49);7-18,23-24,43H,1,3,19-22H2,2,4-6H3,(H,44,46). The first kappa shape index (κ1) is 86.3. The maximum atomic E-state index is 13.9. The Morgan fingerprint density at radius 2 is 0.688 bits per heavy atom. The van der Waals surface area contributed by atoms with Gasteiger partial charge in [0.1, 0.15) is 73.1 Å². The molecule has 0 heterocycles. The van der Waals surface area contributed by atoms with Crippen LogP contribution in [-0.2, 0) is 47.5 Å². The summed E-state index contributed by atoms with van der Waals surface area (Å²) in [6.45, 7) is 16.4. The van der Waals surface area contributed by atoms with Crippen molar-refractivity contribution in [3.05, 3.63) is 239 Å². The van der Waals surface area contributed by atoms with Gasteiger partial charge in [-0.2, -0.15) is 13.2 Å². The van der Waals surface area contributed by atoms with Crippen LogP contribution in [0.1, 0.15) is 144 Å². The molecule has 0 aliphatic carbocycles. The molecule has 2 unspecified atom stereocenters. The van der Waals surface area contributed by atoms with Gasteiger partial charge in [0.15, 0.2) is 11.6 Å². The van der Waals surface area contributed by atoms with Crippen molar-refractivity contribution in [2.24, 2.45) is 0 Å². The number of rotatable bonds is 37. The van der Waals surface area contributed by atoms with E-state index in [4.69, 9.17) is 52.1 Å². The molecule has 0 aliphatic heterocycles. The fourth-order valence-electron chi connectivity index (χ4n) is 10.0. The number of hydrogen-bond acceptors (Lipinski definition) is 23. The zero-order valence-corrected chi connectivity index (χ0v) is 63.0. The highest BCUT2D eigenvalue weighted by atomic mass is 19.4. The van der Waals surface area contributed by atoms with Crippen molar-refractivity contribution in [3.8, 4) is 45.6 Å². The minimum absolute atomic E-state index is 0.0145. The summed E-state index contributed by atoms with van der Waals surface area (Å²) in [4.78, 5) is 128. The van der Waals surface area contributed by atoms with E-state index in [-0.39, 0.29) is 107 Å². The lowest BCUT2D eigenvalue weighted by Crippen LogP contribution is -2.24. The number of alkyl halides is 3. The second-order valence-electron chi connectivity index (χ2n) is 24.9. The average Bonchev–Trinajstić information content (AvgIpc) is 0.803. The quantitative estimate of drug-likeness (QED) is 0.00924. The molecule has 112 heavy (non-hydrogen) atoms. The van der Waals surface area contributed by atoms with Gasteiger partial charge in [-0.05, 0) is 217 Å². The summed E-state index contributed by atoms with van der Waals surface area (Å²) in [6, 6.07) is 44.8. The molecule has 0 saturated carbocycles. The predicted octanol–water partition coefficient (Wildman–Crippen LogP) is 16.4.